The van der Waals surface area contributed by atoms with Crippen molar-refractivity contribution in [2.75, 3.05) is 36.8 Å². The Hall–Kier alpha value is -2.77. The summed E-state index contributed by atoms with van der Waals surface area (Å²) in [7, 11) is 0. The molecule has 0 unspecified atom stereocenters. The van der Waals surface area contributed by atoms with E-state index in [0.29, 0.717) is 29.4 Å². The maximum atomic E-state index is 12.9. The molecule has 0 bridgehead atoms. The lowest BCUT2D eigenvalue weighted by Gasteiger charge is -2.36. The van der Waals surface area contributed by atoms with Gasteiger partial charge in [-0.25, -0.2) is 4.98 Å². The van der Waals surface area contributed by atoms with Crippen LogP contribution in [-0.4, -0.2) is 59.7 Å². The lowest BCUT2D eigenvalue weighted by molar-refractivity contribution is -0.128. The molecule has 0 spiro atoms. The normalized spacial score (nSPS) is 16.2. The predicted molar refractivity (Wildman–Crippen MR) is 133 cm³/mol. The van der Waals surface area contributed by atoms with Crippen molar-refractivity contribution in [3.63, 3.8) is 0 Å². The Bertz CT molecular complexity index is 1190. The van der Waals surface area contributed by atoms with Crippen molar-refractivity contribution in [1.29, 1.82) is 0 Å². The van der Waals surface area contributed by atoms with Gasteiger partial charge in [-0.3, -0.25) is 9.59 Å². The van der Waals surface area contributed by atoms with E-state index in [2.05, 4.69) is 15.2 Å². The fourth-order valence-electron chi connectivity index (χ4n) is 4.02. The van der Waals surface area contributed by atoms with Crippen molar-refractivity contribution in [3.8, 4) is 0 Å². The quantitative estimate of drug-likeness (QED) is 0.535. The van der Waals surface area contributed by atoms with Crippen LogP contribution in [0.15, 0.2) is 59.6 Å². The monoisotopic (exact) mass is 480 g/mol. The Morgan fingerprint density at radius 2 is 1.82 bits per heavy atom. The molecule has 2 fully saturated rings. The summed E-state index contributed by atoms with van der Waals surface area (Å²) in [6.45, 7) is 2.89. The highest BCUT2D eigenvalue weighted by atomic mass is 35.5. The molecule has 0 radical (unpaired) electrons. The van der Waals surface area contributed by atoms with Gasteiger partial charge in [0.05, 0.1) is 21.9 Å². The van der Waals surface area contributed by atoms with E-state index in [1.807, 2.05) is 59.5 Å². The second kappa shape index (κ2) is 9.61. The fourth-order valence-corrected chi connectivity index (χ4v) is 5.02. The minimum absolute atomic E-state index is 0.0681. The molecule has 1 aliphatic heterocycles. The maximum Gasteiger partial charge on any atom is 0.252 e. The van der Waals surface area contributed by atoms with E-state index < -0.39 is 0 Å². The topological polar surface area (TPSA) is 65.5 Å². The Labute approximate surface area is 202 Å². The van der Waals surface area contributed by atoms with Gasteiger partial charge in [-0.15, -0.1) is 0 Å². The number of amides is 2. The van der Waals surface area contributed by atoms with Gasteiger partial charge in [0.1, 0.15) is 0 Å². The number of fused-ring (bicyclic) bond motifs is 1. The summed E-state index contributed by atoms with van der Waals surface area (Å²) in [5, 5.41) is 5.31. The summed E-state index contributed by atoms with van der Waals surface area (Å²) < 4.78 is 0. The van der Waals surface area contributed by atoms with Crippen LogP contribution in [0, 0.1) is 0 Å². The third kappa shape index (κ3) is 5.25. The van der Waals surface area contributed by atoms with Gasteiger partial charge in [0.25, 0.3) is 5.91 Å². The van der Waals surface area contributed by atoms with E-state index >= 15 is 0 Å². The lowest BCUT2D eigenvalue weighted by Crippen LogP contribution is -2.49. The highest BCUT2D eigenvalue weighted by Gasteiger charge is 2.25. The zero-order valence-electron chi connectivity index (χ0n) is 18.2. The molecule has 0 atom stereocenters. The number of anilines is 1. The van der Waals surface area contributed by atoms with Crippen LogP contribution in [0.3, 0.4) is 0 Å². The molecular formula is C25H25ClN4O2S. The van der Waals surface area contributed by atoms with E-state index in [9.17, 15) is 9.59 Å². The van der Waals surface area contributed by atoms with Gasteiger partial charge in [0.15, 0.2) is 0 Å². The molecule has 3 aromatic rings. The number of hydrogen-bond acceptors (Lipinski definition) is 5. The number of carbonyl (C=O) groups is 2. The summed E-state index contributed by atoms with van der Waals surface area (Å²) in [4.78, 5) is 34.5. The molecule has 170 valence electrons. The highest BCUT2D eigenvalue weighted by molar-refractivity contribution is 7.99. The smallest absolute Gasteiger partial charge is 0.252 e. The van der Waals surface area contributed by atoms with E-state index in [1.165, 1.54) is 11.8 Å². The van der Waals surface area contributed by atoms with Crippen LogP contribution in [0.1, 0.15) is 23.2 Å². The van der Waals surface area contributed by atoms with Crippen molar-refractivity contribution >= 4 is 51.8 Å². The van der Waals surface area contributed by atoms with Crippen LogP contribution in [0.4, 0.5) is 5.69 Å². The van der Waals surface area contributed by atoms with Crippen molar-refractivity contribution in [1.82, 2.24) is 15.2 Å². The number of nitrogens with zero attached hydrogens (tertiary/aromatic N) is 3. The molecule has 33 heavy (non-hydrogen) atoms. The average Bonchev–Trinajstić information content (AvgIpc) is 3.66. The second-order valence-corrected chi connectivity index (χ2v) is 9.84. The van der Waals surface area contributed by atoms with Gasteiger partial charge in [-0.2, -0.15) is 0 Å². The second-order valence-electron chi connectivity index (χ2n) is 8.41. The molecule has 5 rings (SSSR count). The Morgan fingerprint density at radius 3 is 2.58 bits per heavy atom. The zero-order chi connectivity index (χ0) is 22.8. The number of nitrogens with one attached hydrogen (secondary N) is 1. The number of carbonyl (C=O) groups excluding carboxylic acids is 2. The first-order valence-corrected chi connectivity index (χ1v) is 12.5. The van der Waals surface area contributed by atoms with Crippen LogP contribution >= 0.6 is 23.4 Å². The van der Waals surface area contributed by atoms with Crippen LogP contribution < -0.4 is 10.2 Å². The molecule has 8 heteroatoms. The summed E-state index contributed by atoms with van der Waals surface area (Å²) in [6, 6.07) is 17.6. The number of rotatable bonds is 6. The number of hydrogen-bond donors (Lipinski definition) is 1. The highest BCUT2D eigenvalue weighted by Crippen LogP contribution is 2.27. The van der Waals surface area contributed by atoms with E-state index in [4.69, 9.17) is 11.6 Å². The van der Waals surface area contributed by atoms with Gasteiger partial charge < -0.3 is 15.1 Å². The van der Waals surface area contributed by atoms with Crippen LogP contribution in [-0.2, 0) is 4.79 Å². The van der Waals surface area contributed by atoms with E-state index in [0.717, 1.165) is 47.5 Å². The van der Waals surface area contributed by atoms with Crippen molar-refractivity contribution < 1.29 is 9.59 Å². The van der Waals surface area contributed by atoms with E-state index in [1.54, 1.807) is 0 Å². The number of para-hydroxylation sites is 1. The number of aromatic nitrogens is 1. The third-order valence-electron chi connectivity index (χ3n) is 6.00. The largest absolute Gasteiger partial charge is 0.368 e. The Morgan fingerprint density at radius 1 is 1.03 bits per heavy atom. The first-order chi connectivity index (χ1) is 16.1. The molecule has 2 aliphatic rings. The van der Waals surface area contributed by atoms with Gasteiger partial charge in [-0.1, -0.05) is 47.6 Å². The van der Waals surface area contributed by atoms with Crippen molar-refractivity contribution in [2.24, 2.45) is 0 Å². The molecular weight excluding hydrogens is 456 g/mol. The number of piperazine rings is 1. The van der Waals surface area contributed by atoms with Crippen LogP contribution in [0.5, 0.6) is 0 Å². The van der Waals surface area contributed by atoms with Gasteiger partial charge in [-0.05, 0) is 43.2 Å². The predicted octanol–water partition coefficient (Wildman–Crippen LogP) is 4.22. The zero-order valence-corrected chi connectivity index (χ0v) is 19.7. The van der Waals surface area contributed by atoms with Gasteiger partial charge >= 0.3 is 0 Å². The average molecular weight is 481 g/mol. The molecule has 2 aromatic carbocycles. The minimum atomic E-state index is -0.0681. The SMILES string of the molecule is O=C(NC1CC1)c1cc(SCC(=O)N2CCN(c3cccc(Cl)c3)CC2)nc2ccccc12. The summed E-state index contributed by atoms with van der Waals surface area (Å²) in [6.07, 6.45) is 2.07. The fraction of sp³-hybridized carbons (Fsp3) is 0.320. The standard InChI is InChI=1S/C25H25ClN4O2S/c26-17-4-3-5-19(14-17)29-10-12-30(13-11-29)24(31)16-33-23-15-21(25(32)27-18-8-9-18)20-6-1-2-7-22(20)28-23/h1-7,14-15,18H,8-13,16H2,(H,27,32). The number of pyridine rings is 1. The van der Waals surface area contributed by atoms with Gasteiger partial charge in [0, 0.05) is 48.3 Å². The minimum Gasteiger partial charge on any atom is -0.368 e. The summed E-state index contributed by atoms with van der Waals surface area (Å²) >= 11 is 7.50. The molecule has 1 N–H and O–H groups in total. The molecule has 2 heterocycles. The Kier molecular flexibility index (Phi) is 6.42. The van der Waals surface area contributed by atoms with Crippen molar-refractivity contribution in [3.05, 3.63) is 65.2 Å². The number of halogens is 1. The molecule has 1 aliphatic carbocycles. The van der Waals surface area contributed by atoms with Crippen LogP contribution in [0.25, 0.3) is 10.9 Å². The maximum absolute atomic E-state index is 12.9. The third-order valence-corrected chi connectivity index (χ3v) is 7.13. The summed E-state index contributed by atoms with van der Waals surface area (Å²) in [5.74, 6) is 0.317. The molecule has 1 saturated heterocycles. The molecule has 2 amide bonds. The lowest BCUT2D eigenvalue weighted by atomic mass is 10.1. The molecule has 6 nitrogen and oxygen atoms in total. The van der Waals surface area contributed by atoms with Crippen LogP contribution in [0.2, 0.25) is 5.02 Å². The van der Waals surface area contributed by atoms with Crippen molar-refractivity contribution in [2.45, 2.75) is 23.9 Å². The number of thioether (sulfide) groups is 1. The molecule has 1 aromatic heterocycles. The van der Waals surface area contributed by atoms with Gasteiger partial charge in [0.2, 0.25) is 5.91 Å². The Balaban J connectivity index is 1.22. The summed E-state index contributed by atoms with van der Waals surface area (Å²) in [5.41, 5.74) is 2.48. The molecule has 1 saturated carbocycles. The first-order valence-electron chi connectivity index (χ1n) is 11.2. The van der Waals surface area contributed by atoms with E-state index in [-0.39, 0.29) is 17.9 Å². The first kappa shape index (κ1) is 22.0. The number of benzene rings is 2.